The van der Waals surface area contributed by atoms with Gasteiger partial charge < -0.3 is 66.0 Å². The predicted molar refractivity (Wildman–Crippen MR) is 355 cm³/mol. The van der Waals surface area contributed by atoms with Crippen molar-refractivity contribution in [3.63, 3.8) is 0 Å². The van der Waals surface area contributed by atoms with Gasteiger partial charge in [0.15, 0.2) is 36.3 Å². The largest absolute Gasteiger partial charge is 0.465 e. The van der Waals surface area contributed by atoms with Crippen LogP contribution < -0.4 is 0 Å². The summed E-state index contributed by atoms with van der Waals surface area (Å²) in [5.41, 5.74) is -5.74. The number of rotatable bonds is 42. The van der Waals surface area contributed by atoms with Crippen LogP contribution in [0.15, 0.2) is 0 Å². The Bertz CT molecular complexity index is 1980. The Morgan fingerprint density at radius 1 is 0.374 bits per heavy atom. The Hall–Kier alpha value is -3.10. The second-order valence-corrected chi connectivity index (χ2v) is 30.2. The van der Waals surface area contributed by atoms with E-state index in [1.807, 2.05) is 27.7 Å². The van der Waals surface area contributed by atoms with Crippen LogP contribution in [0, 0.1) is 21.7 Å². The Kier molecular flexibility index (Phi) is 51.2. The van der Waals surface area contributed by atoms with Crippen molar-refractivity contribution in [3.8, 4) is 0 Å². The van der Waals surface area contributed by atoms with Crippen molar-refractivity contribution in [2.75, 3.05) is 96.9 Å². The summed E-state index contributed by atoms with van der Waals surface area (Å²) in [5, 5.41) is 0.0584. The third kappa shape index (κ3) is 36.6. The summed E-state index contributed by atoms with van der Waals surface area (Å²) < 4.78 is 73.5. The summed E-state index contributed by atoms with van der Waals surface area (Å²) in [6.07, 6.45) is 1.27. The first-order chi connectivity index (χ1) is 42.3. The highest BCUT2D eigenvalue weighted by molar-refractivity contribution is 6.74. The molecule has 5 atom stereocenters. The number of methoxy groups -OCH3 is 1. The predicted octanol–water partition coefficient (Wildman–Crippen LogP) is 12.9. The lowest BCUT2D eigenvalue weighted by molar-refractivity contribution is -0.175. The standard InChI is InChI=1S/C18H35ClO5Si.C16H29ClO6.C16H29ClO5.C14H25ClO6/c1-9-22-15(20)18(6,16(21)23-10-2)12-11-14(13-19)24-25(7,8)17(3,4)5;1-6-20-12(4)23-13(11-17)9-10-16(5,14(18)21-7-2)15(19)22-8-3;1-7-20-13(18)16(6,14(19)21-8-2)10-9-12(11-17)22-15(3,4)5;1-5-19-12(16)14(3,13(17)20-6-2)8-7-11(9-15)21-10-18-4/h14H,9-13H2,1-8H3;12-13H,6-11H2,1-5H3;12H,7-11H2,1-6H3;11H,5-10H2,1-4H3/t14-;12?,13-;12-;11-/m0000/s1. The first-order valence-electron chi connectivity index (χ1n) is 31.6. The monoisotopic (exact) mass is 1410 g/mol. The van der Waals surface area contributed by atoms with Gasteiger partial charge in [-0.05, 0) is 187 Å². The zero-order chi connectivity index (χ0) is 71.5. The molecular formula is C64H118Cl4O22Si. The molecule has 0 aromatic carbocycles. The average Bonchev–Trinajstić information content (AvgIpc) is 1.09. The summed E-state index contributed by atoms with van der Waals surface area (Å²) in [6, 6.07) is 0. The maximum atomic E-state index is 12.3. The van der Waals surface area contributed by atoms with Crippen molar-refractivity contribution in [2.45, 2.75) is 244 Å². The van der Waals surface area contributed by atoms with E-state index in [0.717, 1.165) is 0 Å². The summed E-state index contributed by atoms with van der Waals surface area (Å²) in [4.78, 5) is 97.5. The molecule has 0 aliphatic heterocycles. The van der Waals surface area contributed by atoms with Crippen molar-refractivity contribution in [1.82, 2.24) is 0 Å². The molecule has 0 N–H and O–H groups in total. The summed E-state index contributed by atoms with van der Waals surface area (Å²) in [7, 11) is -0.480. The second-order valence-electron chi connectivity index (χ2n) is 24.2. The van der Waals surface area contributed by atoms with E-state index in [4.69, 9.17) is 112 Å². The minimum Gasteiger partial charge on any atom is -0.465 e. The van der Waals surface area contributed by atoms with Crippen LogP contribution in [-0.2, 0) is 104 Å². The number of halogens is 4. The van der Waals surface area contributed by atoms with E-state index in [2.05, 4.69) is 33.9 Å². The number of hydrogen-bond donors (Lipinski definition) is 0. The summed E-state index contributed by atoms with van der Waals surface area (Å²) in [6.45, 7) is 42.3. The van der Waals surface area contributed by atoms with Crippen LogP contribution in [0.5, 0.6) is 0 Å². The molecule has 0 aromatic heterocycles. The Labute approximate surface area is 566 Å². The molecule has 0 aliphatic rings. The molecule has 22 nitrogen and oxygen atoms in total. The molecule has 0 bridgehead atoms. The van der Waals surface area contributed by atoms with E-state index in [-0.39, 0.29) is 132 Å². The molecule has 27 heteroatoms. The summed E-state index contributed by atoms with van der Waals surface area (Å²) >= 11 is 23.7. The van der Waals surface area contributed by atoms with E-state index in [9.17, 15) is 38.4 Å². The van der Waals surface area contributed by atoms with E-state index >= 15 is 0 Å². The lowest BCUT2D eigenvalue weighted by atomic mass is 9.84. The maximum absolute atomic E-state index is 12.3. The molecule has 0 fully saturated rings. The third-order valence-electron chi connectivity index (χ3n) is 14.4. The van der Waals surface area contributed by atoms with Crippen molar-refractivity contribution in [2.24, 2.45) is 21.7 Å². The first-order valence-corrected chi connectivity index (χ1v) is 36.7. The number of alkyl halides is 4. The molecule has 91 heavy (non-hydrogen) atoms. The van der Waals surface area contributed by atoms with Crippen molar-refractivity contribution in [3.05, 3.63) is 0 Å². The van der Waals surface area contributed by atoms with Crippen LogP contribution in [0.25, 0.3) is 0 Å². The van der Waals surface area contributed by atoms with Gasteiger partial charge in [0.25, 0.3) is 0 Å². The van der Waals surface area contributed by atoms with Gasteiger partial charge in [-0.15, -0.1) is 46.4 Å². The number of esters is 8. The molecular weight excluding hydrogens is 1290 g/mol. The molecule has 0 saturated heterocycles. The topological polar surface area (TPSA) is 266 Å². The molecule has 0 amide bonds. The van der Waals surface area contributed by atoms with Gasteiger partial charge in [0.2, 0.25) is 0 Å². The van der Waals surface area contributed by atoms with E-state index in [0.29, 0.717) is 44.1 Å². The lowest BCUT2D eigenvalue weighted by Gasteiger charge is -2.39. The van der Waals surface area contributed by atoms with Crippen LogP contribution in [-0.4, -0.2) is 189 Å². The van der Waals surface area contributed by atoms with Gasteiger partial charge in [0.1, 0.15) is 6.79 Å². The molecule has 0 heterocycles. The van der Waals surface area contributed by atoms with Crippen LogP contribution >= 0.6 is 46.4 Å². The van der Waals surface area contributed by atoms with Crippen molar-refractivity contribution < 1.29 is 104 Å². The molecule has 0 rings (SSSR count). The Morgan fingerprint density at radius 2 is 0.626 bits per heavy atom. The van der Waals surface area contributed by atoms with Gasteiger partial charge in [-0.25, -0.2) is 0 Å². The fourth-order valence-electron chi connectivity index (χ4n) is 7.80. The third-order valence-corrected chi connectivity index (χ3v) is 20.3. The van der Waals surface area contributed by atoms with Crippen LogP contribution in [0.2, 0.25) is 18.1 Å². The van der Waals surface area contributed by atoms with E-state index in [1.165, 1.54) is 21.0 Å². The quantitative estimate of drug-likeness (QED) is 0.0137. The molecule has 538 valence electrons. The highest BCUT2D eigenvalue weighted by atomic mass is 35.5. The fourth-order valence-corrected chi connectivity index (χ4v) is 10.2. The van der Waals surface area contributed by atoms with Gasteiger partial charge in [-0.2, -0.15) is 0 Å². The van der Waals surface area contributed by atoms with Crippen LogP contribution in [0.3, 0.4) is 0 Å². The highest BCUT2D eigenvalue weighted by Crippen LogP contribution is 2.39. The van der Waals surface area contributed by atoms with E-state index < -0.39 is 84.0 Å². The van der Waals surface area contributed by atoms with Gasteiger partial charge in [-0.1, -0.05) is 20.8 Å². The zero-order valence-electron chi connectivity index (χ0n) is 59.4. The average molecular weight is 1410 g/mol. The number of hydrogen-bond acceptors (Lipinski definition) is 22. The smallest absolute Gasteiger partial charge is 0.323 e. The van der Waals surface area contributed by atoms with Gasteiger partial charge >= 0.3 is 47.8 Å². The first kappa shape index (κ1) is 94.3. The molecule has 0 aliphatic carbocycles. The van der Waals surface area contributed by atoms with Crippen LogP contribution in [0.4, 0.5) is 0 Å². The zero-order valence-corrected chi connectivity index (χ0v) is 63.5. The second kappa shape index (κ2) is 49.4. The van der Waals surface area contributed by atoms with Gasteiger partial charge in [0, 0.05) is 37.2 Å². The Morgan fingerprint density at radius 3 is 0.846 bits per heavy atom. The lowest BCUT2D eigenvalue weighted by Crippen LogP contribution is -2.45. The molecule has 0 radical (unpaired) electrons. The minimum atomic E-state index is -1.99. The number of carbonyl (C=O) groups excluding carboxylic acids is 8. The van der Waals surface area contributed by atoms with Crippen LogP contribution in [0.1, 0.15) is 190 Å². The van der Waals surface area contributed by atoms with Gasteiger partial charge in [-0.3, -0.25) is 38.4 Å². The molecule has 0 saturated carbocycles. The molecule has 0 spiro atoms. The van der Waals surface area contributed by atoms with Crippen molar-refractivity contribution >= 4 is 102 Å². The van der Waals surface area contributed by atoms with Crippen molar-refractivity contribution in [1.29, 1.82) is 0 Å². The number of ether oxygens (including phenoxy) is 13. The fraction of sp³-hybridized carbons (Fsp3) is 0.875. The highest BCUT2D eigenvalue weighted by Gasteiger charge is 2.48. The Balaban J connectivity index is -0.000000556. The van der Waals surface area contributed by atoms with Gasteiger partial charge in [0.05, 0.1) is 82.9 Å². The SMILES string of the molecule is CCOC(=O)C(C)(CC[C@@H](CCl)OC(C)(C)C)C(=O)OCC.CCOC(=O)C(C)(CC[C@@H](CCl)OC(C)OCC)C(=O)OCC.CCOC(=O)C(C)(CC[C@@H](CCl)OCOC)C(=O)OCC.CCOC(=O)C(C)(CC[C@@H](CCl)O[Si](C)(C)C(C)(C)C)C(=O)OCC. The normalized spacial score (nSPS) is 13.7. The molecule has 0 aromatic rings. The molecule has 1 unspecified atom stereocenters. The number of carbonyl (C=O) groups is 8. The minimum absolute atomic E-state index is 0.0584. The van der Waals surface area contributed by atoms with E-state index in [1.54, 1.807) is 76.2 Å². The maximum Gasteiger partial charge on any atom is 0.323 e. The summed E-state index contributed by atoms with van der Waals surface area (Å²) in [5.74, 6) is -3.56.